The molecule has 0 spiro atoms. The summed E-state index contributed by atoms with van der Waals surface area (Å²) in [5, 5.41) is 2.26. The van der Waals surface area contributed by atoms with Crippen molar-refractivity contribution in [3.05, 3.63) is 111 Å². The zero-order valence-electron chi connectivity index (χ0n) is 21.0. The molecule has 2 aromatic heterocycles. The molecule has 3 heterocycles. The van der Waals surface area contributed by atoms with Crippen molar-refractivity contribution in [1.29, 1.82) is 0 Å². The van der Waals surface area contributed by atoms with Crippen LogP contribution in [0.4, 0.5) is 0 Å². The summed E-state index contributed by atoms with van der Waals surface area (Å²) < 4.78 is 21.1. The van der Waals surface area contributed by atoms with Crippen molar-refractivity contribution < 1.29 is 14.2 Å². The highest BCUT2D eigenvalue weighted by molar-refractivity contribution is 7.10. The first-order valence-corrected chi connectivity index (χ1v) is 15.1. The Morgan fingerprint density at radius 1 is 1.05 bits per heavy atom. The van der Waals surface area contributed by atoms with Gasteiger partial charge in [-0.2, -0.15) is 0 Å². The van der Waals surface area contributed by atoms with E-state index in [1.54, 1.807) is 23.9 Å². The molecular formula is C29H28Cl4N2O3S. The molecule has 5 atom stereocenters. The van der Waals surface area contributed by atoms with Crippen LogP contribution in [0.3, 0.4) is 0 Å². The van der Waals surface area contributed by atoms with Crippen LogP contribution in [0.1, 0.15) is 46.9 Å². The van der Waals surface area contributed by atoms with E-state index in [0.29, 0.717) is 23.1 Å². The monoisotopic (exact) mass is 624 g/mol. The molecule has 0 aliphatic carbocycles. The van der Waals surface area contributed by atoms with Crippen LogP contribution in [0.15, 0.2) is 84.8 Å². The molecule has 2 aromatic carbocycles. The molecule has 39 heavy (non-hydrogen) atoms. The molecule has 0 radical (unpaired) electrons. The highest BCUT2D eigenvalue weighted by Gasteiger charge is 2.38. The number of imidazole rings is 1. The van der Waals surface area contributed by atoms with E-state index in [4.69, 9.17) is 60.6 Å². The Hall–Kier alpha value is -1.61. The van der Waals surface area contributed by atoms with Gasteiger partial charge in [0.25, 0.3) is 0 Å². The topological polar surface area (TPSA) is 45.5 Å². The summed E-state index contributed by atoms with van der Waals surface area (Å²) in [5.74, 6) is 0. The third kappa shape index (κ3) is 7.57. The lowest BCUT2D eigenvalue weighted by atomic mass is 10.1. The standard InChI is InChI=1S/C29H28Cl4N2O3S/c30-22-10-6-20(7-11-22)17-29(33,25-4-2-16-39-25)38-26-5-1-3-24(37-26)18-36-27(21-8-12-23(31)13-9-21)28(32)35-15-14-34-19-35/h2,4,6-16,19,24,26-28H,1,3,5,17-18H2. The van der Waals surface area contributed by atoms with Gasteiger partial charge in [-0.25, -0.2) is 4.98 Å². The van der Waals surface area contributed by atoms with E-state index in [1.807, 2.05) is 76.8 Å². The first kappa shape index (κ1) is 28.9. The number of hydrogen-bond acceptors (Lipinski definition) is 5. The Morgan fingerprint density at radius 3 is 2.46 bits per heavy atom. The SMILES string of the molecule is Clc1ccc(CC(Cl)(OC2CCCC(COC(c3ccc(Cl)cc3)C(Cl)n3ccnc3)O2)c2cccs2)cc1. The van der Waals surface area contributed by atoms with E-state index in [2.05, 4.69) is 4.98 Å². The van der Waals surface area contributed by atoms with Crippen molar-refractivity contribution in [3.63, 3.8) is 0 Å². The van der Waals surface area contributed by atoms with Gasteiger partial charge in [-0.1, -0.05) is 76.7 Å². The van der Waals surface area contributed by atoms with E-state index >= 15 is 0 Å². The Bertz CT molecular complexity index is 1290. The molecule has 0 saturated carbocycles. The molecule has 0 N–H and O–H groups in total. The molecule has 1 fully saturated rings. The minimum atomic E-state index is -1.07. The molecule has 4 aromatic rings. The second kappa shape index (κ2) is 13.4. The quantitative estimate of drug-likeness (QED) is 0.156. The third-order valence-electron chi connectivity index (χ3n) is 6.58. The maximum atomic E-state index is 7.19. The molecule has 0 amide bonds. The lowest BCUT2D eigenvalue weighted by molar-refractivity contribution is -0.237. The van der Waals surface area contributed by atoms with Crippen LogP contribution in [0.5, 0.6) is 0 Å². The number of aromatic nitrogens is 2. The summed E-state index contributed by atoms with van der Waals surface area (Å²) in [6.07, 6.45) is 7.08. The van der Waals surface area contributed by atoms with E-state index < -0.39 is 23.0 Å². The van der Waals surface area contributed by atoms with E-state index in [-0.39, 0.29) is 6.10 Å². The summed E-state index contributed by atoms with van der Waals surface area (Å²) in [6, 6.07) is 19.1. The van der Waals surface area contributed by atoms with Gasteiger partial charge < -0.3 is 18.8 Å². The van der Waals surface area contributed by atoms with E-state index in [9.17, 15) is 0 Å². The van der Waals surface area contributed by atoms with Crippen molar-refractivity contribution in [2.75, 3.05) is 6.61 Å². The molecule has 206 valence electrons. The van der Waals surface area contributed by atoms with Gasteiger partial charge in [0.2, 0.25) is 0 Å². The fraction of sp³-hybridized carbons (Fsp3) is 0.345. The van der Waals surface area contributed by atoms with Gasteiger partial charge in [0.05, 0.1) is 23.9 Å². The smallest absolute Gasteiger partial charge is 0.183 e. The number of halogens is 4. The van der Waals surface area contributed by atoms with Crippen LogP contribution < -0.4 is 0 Å². The Balaban J connectivity index is 1.27. The number of alkyl halides is 2. The van der Waals surface area contributed by atoms with Crippen LogP contribution >= 0.6 is 57.7 Å². The maximum absolute atomic E-state index is 7.19. The minimum absolute atomic E-state index is 0.176. The lowest BCUT2D eigenvalue weighted by Gasteiger charge is -2.36. The van der Waals surface area contributed by atoms with Gasteiger partial charge in [-0.3, -0.25) is 0 Å². The molecule has 0 bridgehead atoms. The van der Waals surface area contributed by atoms with Crippen LogP contribution in [0, 0.1) is 0 Å². The van der Waals surface area contributed by atoms with Crippen molar-refractivity contribution in [2.45, 2.75) is 54.7 Å². The second-order valence-corrected chi connectivity index (χ2v) is 12.3. The van der Waals surface area contributed by atoms with Crippen molar-refractivity contribution >= 4 is 57.7 Å². The fourth-order valence-electron chi connectivity index (χ4n) is 4.59. The van der Waals surface area contributed by atoms with Crippen molar-refractivity contribution in [2.24, 2.45) is 0 Å². The highest BCUT2D eigenvalue weighted by atomic mass is 35.5. The average molecular weight is 626 g/mol. The number of ether oxygens (including phenoxy) is 3. The zero-order chi connectivity index (χ0) is 27.2. The summed E-state index contributed by atoms with van der Waals surface area (Å²) in [6.45, 7) is 0.344. The van der Waals surface area contributed by atoms with Gasteiger partial charge in [0, 0.05) is 28.9 Å². The Kier molecular flexibility index (Phi) is 9.91. The first-order chi connectivity index (χ1) is 18.9. The number of benzene rings is 2. The molecular weight excluding hydrogens is 598 g/mol. The number of nitrogens with zero attached hydrogens (tertiary/aromatic N) is 2. The van der Waals surface area contributed by atoms with E-state index in [0.717, 1.165) is 35.3 Å². The molecule has 1 saturated heterocycles. The van der Waals surface area contributed by atoms with Crippen LogP contribution in [0.2, 0.25) is 10.0 Å². The summed E-state index contributed by atoms with van der Waals surface area (Å²) in [5.41, 5.74) is 1.44. The summed E-state index contributed by atoms with van der Waals surface area (Å²) in [4.78, 5) is 5.05. The maximum Gasteiger partial charge on any atom is 0.183 e. The van der Waals surface area contributed by atoms with Crippen molar-refractivity contribution in [1.82, 2.24) is 9.55 Å². The number of thiophene rings is 1. The average Bonchev–Trinajstić information content (AvgIpc) is 3.67. The fourth-order valence-corrected chi connectivity index (χ4v) is 6.39. The Labute approximate surface area is 252 Å². The van der Waals surface area contributed by atoms with E-state index in [1.165, 1.54) is 0 Å². The lowest BCUT2D eigenvalue weighted by Crippen LogP contribution is -2.38. The molecule has 10 heteroatoms. The predicted molar refractivity (Wildman–Crippen MR) is 158 cm³/mol. The zero-order valence-corrected chi connectivity index (χ0v) is 24.8. The van der Waals surface area contributed by atoms with Gasteiger partial charge >= 0.3 is 0 Å². The Morgan fingerprint density at radius 2 is 1.79 bits per heavy atom. The largest absolute Gasteiger partial charge is 0.367 e. The van der Waals surface area contributed by atoms with Gasteiger partial charge in [-0.05, 0) is 66.1 Å². The molecule has 5 nitrogen and oxygen atoms in total. The predicted octanol–water partition coefficient (Wildman–Crippen LogP) is 8.99. The minimum Gasteiger partial charge on any atom is -0.367 e. The van der Waals surface area contributed by atoms with Gasteiger partial charge in [0.15, 0.2) is 11.4 Å². The number of hydrogen-bond donors (Lipinski definition) is 0. The molecule has 1 aliphatic rings. The molecule has 5 unspecified atom stereocenters. The number of rotatable bonds is 11. The van der Waals surface area contributed by atoms with Gasteiger partial charge in [-0.15, -0.1) is 11.3 Å². The molecule has 1 aliphatic heterocycles. The normalized spacial score (nSPS) is 20.8. The first-order valence-electron chi connectivity index (χ1n) is 12.7. The van der Waals surface area contributed by atoms with Crippen molar-refractivity contribution in [3.8, 4) is 0 Å². The van der Waals surface area contributed by atoms with Crippen LogP contribution in [-0.4, -0.2) is 28.6 Å². The summed E-state index contributed by atoms with van der Waals surface area (Å²) in [7, 11) is 0. The molecule has 5 rings (SSSR count). The third-order valence-corrected chi connectivity index (χ3v) is 9.09. The van der Waals surface area contributed by atoms with Crippen LogP contribution in [0.25, 0.3) is 0 Å². The van der Waals surface area contributed by atoms with Crippen LogP contribution in [-0.2, 0) is 25.7 Å². The van der Waals surface area contributed by atoms with Gasteiger partial charge in [0.1, 0.15) is 11.6 Å². The second-order valence-electron chi connectivity index (χ2n) is 9.43. The highest BCUT2D eigenvalue weighted by Crippen LogP contribution is 2.41. The summed E-state index contributed by atoms with van der Waals surface area (Å²) >= 11 is 27.8.